The van der Waals surface area contributed by atoms with Gasteiger partial charge in [0.25, 0.3) is 10.2 Å². The second kappa shape index (κ2) is 5.68. The molecule has 110 valence electrons. The first-order chi connectivity index (χ1) is 9.18. The van der Waals surface area contributed by atoms with E-state index in [0.717, 1.165) is 25.9 Å². The summed E-state index contributed by atoms with van der Waals surface area (Å²) in [5, 5.41) is 3.47. The van der Waals surface area contributed by atoms with Crippen LogP contribution in [0.15, 0.2) is 0 Å². The fourth-order valence-electron chi connectivity index (χ4n) is 3.63. The van der Waals surface area contributed by atoms with Crippen LogP contribution in [0.4, 0.5) is 0 Å². The minimum absolute atomic E-state index is 0.385. The summed E-state index contributed by atoms with van der Waals surface area (Å²) in [5.74, 6) is 0.524. The molecule has 0 radical (unpaired) electrons. The maximum absolute atomic E-state index is 12.7. The predicted molar refractivity (Wildman–Crippen MR) is 75.0 cm³/mol. The van der Waals surface area contributed by atoms with Crippen LogP contribution in [0.25, 0.3) is 0 Å². The summed E-state index contributed by atoms with van der Waals surface area (Å²) in [6, 6.07) is 0.385. The highest BCUT2D eigenvalue weighted by atomic mass is 32.2. The van der Waals surface area contributed by atoms with Gasteiger partial charge in [0, 0.05) is 32.2 Å². The molecule has 0 saturated carbocycles. The molecule has 0 aromatic rings. The van der Waals surface area contributed by atoms with E-state index >= 15 is 0 Å². The predicted octanol–water partition coefficient (Wildman–Crippen LogP) is 0.791. The Balaban J connectivity index is 1.70. The number of nitrogens with one attached hydrogen (secondary N) is 1. The summed E-state index contributed by atoms with van der Waals surface area (Å²) >= 11 is 0. The third-order valence-electron chi connectivity index (χ3n) is 4.78. The summed E-state index contributed by atoms with van der Waals surface area (Å²) in [4.78, 5) is 0. The Kier molecular flexibility index (Phi) is 4.12. The maximum atomic E-state index is 12.7. The molecule has 0 aliphatic carbocycles. The molecule has 3 saturated heterocycles. The molecular formula is C13H25N3O2S. The number of fused-ring (bicyclic) bond motifs is 1. The molecule has 0 bridgehead atoms. The summed E-state index contributed by atoms with van der Waals surface area (Å²) in [6.07, 6.45) is 6.70. The summed E-state index contributed by atoms with van der Waals surface area (Å²) < 4.78 is 28.9. The van der Waals surface area contributed by atoms with Gasteiger partial charge in [0.05, 0.1) is 0 Å². The molecule has 19 heavy (non-hydrogen) atoms. The zero-order valence-electron chi connectivity index (χ0n) is 11.6. The van der Waals surface area contributed by atoms with Gasteiger partial charge in [-0.05, 0) is 38.1 Å². The lowest BCUT2D eigenvalue weighted by molar-refractivity contribution is 0.338. The van der Waals surface area contributed by atoms with Gasteiger partial charge in [-0.1, -0.05) is 12.8 Å². The van der Waals surface area contributed by atoms with Crippen molar-refractivity contribution < 1.29 is 8.42 Å². The monoisotopic (exact) mass is 287 g/mol. The van der Waals surface area contributed by atoms with Gasteiger partial charge in [-0.25, -0.2) is 0 Å². The van der Waals surface area contributed by atoms with E-state index in [-0.39, 0.29) is 0 Å². The molecule has 6 heteroatoms. The lowest BCUT2D eigenvalue weighted by atomic mass is 9.94. The van der Waals surface area contributed by atoms with Crippen molar-refractivity contribution in [2.24, 2.45) is 5.92 Å². The van der Waals surface area contributed by atoms with Gasteiger partial charge < -0.3 is 5.32 Å². The van der Waals surface area contributed by atoms with Gasteiger partial charge in [-0.2, -0.15) is 17.0 Å². The van der Waals surface area contributed by atoms with Gasteiger partial charge >= 0.3 is 0 Å². The minimum Gasteiger partial charge on any atom is -0.312 e. The first kappa shape index (κ1) is 13.8. The van der Waals surface area contributed by atoms with Crippen molar-refractivity contribution in [1.29, 1.82) is 0 Å². The Hall–Kier alpha value is -0.170. The van der Waals surface area contributed by atoms with Crippen molar-refractivity contribution in [2.45, 2.75) is 44.6 Å². The lowest BCUT2D eigenvalue weighted by Gasteiger charge is -2.26. The summed E-state index contributed by atoms with van der Waals surface area (Å²) in [6.45, 7) is 3.85. The van der Waals surface area contributed by atoms with Gasteiger partial charge in [0.1, 0.15) is 0 Å². The third kappa shape index (κ3) is 2.82. The average molecular weight is 287 g/mol. The Morgan fingerprint density at radius 2 is 1.63 bits per heavy atom. The second-order valence-electron chi connectivity index (χ2n) is 6.10. The minimum atomic E-state index is -3.22. The zero-order valence-corrected chi connectivity index (χ0v) is 12.4. The van der Waals surface area contributed by atoms with Crippen LogP contribution in [0.5, 0.6) is 0 Å². The smallest absolute Gasteiger partial charge is 0.282 e. The van der Waals surface area contributed by atoms with Gasteiger partial charge in [-0.15, -0.1) is 0 Å². The van der Waals surface area contributed by atoms with Crippen molar-refractivity contribution >= 4 is 10.2 Å². The Morgan fingerprint density at radius 3 is 2.32 bits per heavy atom. The maximum Gasteiger partial charge on any atom is 0.282 e. The summed E-state index contributed by atoms with van der Waals surface area (Å²) in [5.41, 5.74) is 0. The first-order valence-electron chi connectivity index (χ1n) is 7.66. The van der Waals surface area contributed by atoms with E-state index in [1.165, 1.54) is 25.7 Å². The molecule has 3 rings (SSSR count). The molecule has 3 heterocycles. The van der Waals surface area contributed by atoms with E-state index in [2.05, 4.69) is 5.32 Å². The molecular weight excluding hydrogens is 262 g/mol. The number of piperidine rings is 1. The van der Waals surface area contributed by atoms with Crippen molar-refractivity contribution in [3.63, 3.8) is 0 Å². The lowest BCUT2D eigenvalue weighted by Crippen LogP contribution is -2.44. The quantitative estimate of drug-likeness (QED) is 0.817. The van der Waals surface area contributed by atoms with Crippen LogP contribution >= 0.6 is 0 Å². The Labute approximate surface area is 116 Å². The number of hydrogen-bond donors (Lipinski definition) is 1. The highest BCUT2D eigenvalue weighted by molar-refractivity contribution is 7.86. The Bertz CT molecular complexity index is 390. The SMILES string of the molecule is O=S(=O)(N1CCCCCC1)N1C[C@@H]2CCCN[C@@H]2C1. The van der Waals surface area contributed by atoms with Crippen molar-refractivity contribution in [3.8, 4) is 0 Å². The van der Waals surface area contributed by atoms with Crippen LogP contribution in [0.3, 0.4) is 0 Å². The molecule has 3 aliphatic heterocycles. The van der Waals surface area contributed by atoms with Crippen LogP contribution in [0.1, 0.15) is 38.5 Å². The van der Waals surface area contributed by atoms with Gasteiger partial charge in [0.15, 0.2) is 0 Å². The number of rotatable bonds is 2. The van der Waals surface area contributed by atoms with E-state index in [1.807, 2.05) is 0 Å². The third-order valence-corrected chi connectivity index (χ3v) is 6.75. The molecule has 0 unspecified atom stereocenters. The van der Waals surface area contributed by atoms with Crippen molar-refractivity contribution in [2.75, 3.05) is 32.7 Å². The molecule has 0 aromatic heterocycles. The van der Waals surface area contributed by atoms with E-state index in [0.29, 0.717) is 31.6 Å². The van der Waals surface area contributed by atoms with Gasteiger partial charge in [0.2, 0.25) is 0 Å². The second-order valence-corrected chi connectivity index (χ2v) is 8.03. The van der Waals surface area contributed by atoms with E-state index in [9.17, 15) is 8.42 Å². The van der Waals surface area contributed by atoms with Crippen molar-refractivity contribution in [3.05, 3.63) is 0 Å². The topological polar surface area (TPSA) is 52.7 Å². The van der Waals surface area contributed by atoms with E-state index in [1.54, 1.807) is 8.61 Å². The molecule has 0 amide bonds. The Morgan fingerprint density at radius 1 is 0.895 bits per heavy atom. The summed E-state index contributed by atoms with van der Waals surface area (Å²) in [7, 11) is -3.22. The highest BCUT2D eigenvalue weighted by Gasteiger charge is 2.41. The van der Waals surface area contributed by atoms with E-state index < -0.39 is 10.2 Å². The molecule has 2 atom stereocenters. The van der Waals surface area contributed by atoms with Crippen molar-refractivity contribution in [1.82, 2.24) is 13.9 Å². The molecule has 5 nitrogen and oxygen atoms in total. The fraction of sp³-hybridized carbons (Fsp3) is 1.00. The van der Waals surface area contributed by atoms with Crippen LogP contribution in [0, 0.1) is 5.92 Å². The largest absolute Gasteiger partial charge is 0.312 e. The standard InChI is InChI=1S/C13H25N3O2S/c17-19(18,15-8-3-1-2-4-9-15)16-10-12-6-5-7-14-13(12)11-16/h12-14H,1-11H2/t12-,13+/m0/s1. The zero-order chi connectivity index (χ0) is 13.3. The molecule has 0 aromatic carbocycles. The normalized spacial score (nSPS) is 34.9. The molecule has 3 aliphatic rings. The fourth-order valence-corrected chi connectivity index (χ4v) is 5.41. The van der Waals surface area contributed by atoms with Crippen LogP contribution in [-0.4, -0.2) is 55.8 Å². The molecule has 3 fully saturated rings. The van der Waals surface area contributed by atoms with Gasteiger partial charge in [-0.3, -0.25) is 0 Å². The molecule has 0 spiro atoms. The van der Waals surface area contributed by atoms with Crippen LogP contribution in [0.2, 0.25) is 0 Å². The highest BCUT2D eigenvalue weighted by Crippen LogP contribution is 2.28. The van der Waals surface area contributed by atoms with Crippen LogP contribution in [-0.2, 0) is 10.2 Å². The number of hydrogen-bond acceptors (Lipinski definition) is 3. The number of nitrogens with zero attached hydrogens (tertiary/aromatic N) is 2. The van der Waals surface area contributed by atoms with E-state index in [4.69, 9.17) is 0 Å². The first-order valence-corrected chi connectivity index (χ1v) is 9.06. The average Bonchev–Trinajstić information content (AvgIpc) is 2.65. The molecule has 1 N–H and O–H groups in total. The van der Waals surface area contributed by atoms with Crippen LogP contribution < -0.4 is 5.32 Å².